The van der Waals surface area contributed by atoms with Gasteiger partial charge in [0.15, 0.2) is 0 Å². The number of fused-ring (bicyclic) bond motifs is 2. The van der Waals surface area contributed by atoms with Crippen molar-refractivity contribution in [2.75, 3.05) is 12.3 Å². The van der Waals surface area contributed by atoms with Crippen molar-refractivity contribution in [3.63, 3.8) is 0 Å². The van der Waals surface area contributed by atoms with Crippen molar-refractivity contribution < 1.29 is 17.7 Å². The Labute approximate surface area is 198 Å². The average molecular weight is 530 g/mol. The van der Waals surface area contributed by atoms with Gasteiger partial charge in [-0.3, -0.25) is 9.20 Å². The van der Waals surface area contributed by atoms with E-state index in [4.69, 9.17) is 15.5 Å². The molecule has 3 aromatic heterocycles. The summed E-state index contributed by atoms with van der Waals surface area (Å²) in [7, 11) is -4.00. The second-order valence-corrected chi connectivity index (χ2v) is 11.0. The van der Waals surface area contributed by atoms with E-state index >= 15 is 0 Å². The van der Waals surface area contributed by atoms with Crippen LogP contribution >= 0.6 is 15.9 Å². The summed E-state index contributed by atoms with van der Waals surface area (Å²) in [5.41, 5.74) is 7.80. The first-order valence-corrected chi connectivity index (χ1v) is 12.8. The highest BCUT2D eigenvalue weighted by Gasteiger charge is 2.31. The molecule has 0 bridgehead atoms. The molecule has 8 nitrogen and oxygen atoms in total. The first-order valence-electron chi connectivity index (χ1n) is 10.5. The second kappa shape index (κ2) is 8.19. The summed E-state index contributed by atoms with van der Waals surface area (Å²) >= 11 is 3.32. The molecule has 10 heteroatoms. The van der Waals surface area contributed by atoms with Crippen molar-refractivity contribution in [2.24, 2.45) is 0 Å². The molecule has 1 atom stereocenters. The lowest BCUT2D eigenvalue weighted by molar-refractivity contribution is -0.667. The fourth-order valence-corrected chi connectivity index (χ4v) is 5.89. The van der Waals surface area contributed by atoms with Gasteiger partial charge in [-0.1, -0.05) is 27.0 Å². The Morgan fingerprint density at radius 3 is 2.73 bits per heavy atom. The van der Waals surface area contributed by atoms with Crippen LogP contribution in [0.5, 0.6) is 0 Å². The first-order chi connectivity index (χ1) is 15.8. The van der Waals surface area contributed by atoms with Crippen LogP contribution in [0.1, 0.15) is 18.4 Å². The van der Waals surface area contributed by atoms with Gasteiger partial charge in [0.1, 0.15) is 10.3 Å². The highest BCUT2D eigenvalue weighted by Crippen LogP contribution is 2.28. The number of aryl methyl sites for hydroxylation is 1. The normalized spacial score (nSPS) is 16.6. The van der Waals surface area contributed by atoms with E-state index in [0.717, 1.165) is 22.9 Å². The maximum Gasteiger partial charge on any atom is 0.278 e. The van der Waals surface area contributed by atoms with Gasteiger partial charge < -0.3 is 10.5 Å². The lowest BCUT2D eigenvalue weighted by Gasteiger charge is -2.15. The number of aromatic nitrogens is 3. The summed E-state index contributed by atoms with van der Waals surface area (Å²) in [5, 5.41) is 0.181. The zero-order valence-electron chi connectivity index (χ0n) is 17.9. The van der Waals surface area contributed by atoms with Gasteiger partial charge in [-0.25, -0.2) is 13.0 Å². The molecule has 0 aliphatic carbocycles. The van der Waals surface area contributed by atoms with Gasteiger partial charge in [-0.15, -0.1) is 0 Å². The molecule has 33 heavy (non-hydrogen) atoms. The number of rotatable bonds is 4. The topological polar surface area (TPSA) is 108 Å². The zero-order chi connectivity index (χ0) is 23.3. The Bertz CT molecular complexity index is 1560. The predicted molar refractivity (Wildman–Crippen MR) is 127 cm³/mol. The van der Waals surface area contributed by atoms with Crippen LogP contribution in [0.25, 0.3) is 16.7 Å². The lowest BCUT2D eigenvalue weighted by atomic mass is 10.2. The highest BCUT2D eigenvalue weighted by atomic mass is 79.9. The molecule has 1 aliphatic heterocycles. The van der Waals surface area contributed by atoms with Crippen LogP contribution in [-0.2, 0) is 21.1 Å². The number of benzene rings is 1. The molecule has 170 valence electrons. The molecule has 0 saturated carbocycles. The van der Waals surface area contributed by atoms with E-state index in [1.165, 1.54) is 22.6 Å². The van der Waals surface area contributed by atoms with Gasteiger partial charge in [-0.05, 0) is 56.2 Å². The van der Waals surface area contributed by atoms with Crippen LogP contribution in [0.2, 0.25) is 0 Å². The number of hydrogen-bond donors (Lipinski definition) is 1. The van der Waals surface area contributed by atoms with E-state index < -0.39 is 9.84 Å². The molecule has 0 radical (unpaired) electrons. The van der Waals surface area contributed by atoms with Crippen LogP contribution in [0.15, 0.2) is 67.7 Å². The van der Waals surface area contributed by atoms with Gasteiger partial charge in [0.05, 0.1) is 17.5 Å². The number of nitrogen functional groups attached to an aromatic ring is 1. The Morgan fingerprint density at radius 2 is 2.03 bits per heavy atom. The van der Waals surface area contributed by atoms with Crippen molar-refractivity contribution in [2.45, 2.75) is 42.2 Å². The van der Waals surface area contributed by atoms with Gasteiger partial charge in [0, 0.05) is 22.8 Å². The number of ether oxygens (including phenoxy) is 1. The van der Waals surface area contributed by atoms with E-state index in [-0.39, 0.29) is 32.7 Å². The molecule has 0 amide bonds. The maximum atomic E-state index is 13.6. The van der Waals surface area contributed by atoms with Crippen molar-refractivity contribution in [3.05, 3.63) is 69.1 Å². The van der Waals surface area contributed by atoms with Crippen LogP contribution in [-0.4, -0.2) is 30.5 Å². The molecule has 1 aliphatic rings. The molecular formula is C23H22BrN4O4S+. The monoisotopic (exact) mass is 529 g/mol. The van der Waals surface area contributed by atoms with E-state index in [2.05, 4.69) is 15.9 Å². The number of pyridine rings is 2. The van der Waals surface area contributed by atoms with Crippen molar-refractivity contribution in [1.82, 2.24) is 9.38 Å². The summed E-state index contributed by atoms with van der Waals surface area (Å²) in [6.45, 7) is 2.81. The van der Waals surface area contributed by atoms with E-state index in [1.807, 2.05) is 13.0 Å². The van der Waals surface area contributed by atoms with E-state index in [9.17, 15) is 13.2 Å². The van der Waals surface area contributed by atoms with E-state index in [0.29, 0.717) is 24.4 Å². The molecule has 1 fully saturated rings. The molecule has 0 spiro atoms. The van der Waals surface area contributed by atoms with E-state index in [1.54, 1.807) is 29.0 Å². The minimum Gasteiger partial charge on any atom is -0.375 e. The molecule has 1 aromatic carbocycles. The van der Waals surface area contributed by atoms with Crippen LogP contribution in [0.3, 0.4) is 0 Å². The van der Waals surface area contributed by atoms with Gasteiger partial charge in [0.2, 0.25) is 21.3 Å². The molecule has 2 N–H and O–H groups in total. The summed E-state index contributed by atoms with van der Waals surface area (Å²) in [6.07, 6.45) is 3.23. The lowest BCUT2D eigenvalue weighted by Crippen LogP contribution is -2.45. The number of nitrogens with two attached hydrogens (primary N) is 1. The number of halogens is 1. The molecule has 1 saturated heterocycles. The third-order valence-electron chi connectivity index (χ3n) is 5.96. The Hall–Kier alpha value is -2.82. The second-order valence-electron chi connectivity index (χ2n) is 8.14. The summed E-state index contributed by atoms with van der Waals surface area (Å²) < 4.78 is 36.7. The quantitative estimate of drug-likeness (QED) is 0.321. The summed E-state index contributed by atoms with van der Waals surface area (Å²) in [5.74, 6) is 0.0331. The molecule has 4 aromatic rings. The van der Waals surface area contributed by atoms with Crippen molar-refractivity contribution in [1.29, 1.82) is 0 Å². The van der Waals surface area contributed by atoms with Gasteiger partial charge in [0.25, 0.3) is 11.2 Å². The molecule has 5 rings (SSSR count). The average Bonchev–Trinajstić information content (AvgIpc) is 3.30. The van der Waals surface area contributed by atoms with Crippen LogP contribution in [0, 0.1) is 6.92 Å². The minimum atomic E-state index is -4.00. The Morgan fingerprint density at radius 1 is 1.27 bits per heavy atom. The third-order valence-corrected chi connectivity index (χ3v) is 8.29. The Kier molecular flexibility index (Phi) is 5.46. The standard InChI is InChI=1S/C23H21BrN4O4S/c1-14-4-2-10-27-21(14)26-22-18(23(27)29)12-19(20(25)28(22)13-16-5-3-11-32-16)33(30,31)17-8-6-15(24)7-9-17/h2,4,6-10,12,16,25H,3,5,11,13H2,1H3/p+1/t16-/m0/s1. The van der Waals surface area contributed by atoms with Gasteiger partial charge in [-0.2, -0.15) is 0 Å². The number of sulfone groups is 1. The largest absolute Gasteiger partial charge is 0.375 e. The number of anilines is 1. The zero-order valence-corrected chi connectivity index (χ0v) is 20.3. The summed E-state index contributed by atoms with van der Waals surface area (Å²) in [4.78, 5) is 18.1. The molecule has 0 unspecified atom stereocenters. The predicted octanol–water partition coefficient (Wildman–Crippen LogP) is 2.80. The fraction of sp³-hybridized carbons (Fsp3) is 0.261. The third kappa shape index (κ3) is 3.71. The molecule has 4 heterocycles. The van der Waals surface area contributed by atoms with Crippen LogP contribution in [0.4, 0.5) is 5.82 Å². The van der Waals surface area contributed by atoms with Crippen molar-refractivity contribution in [3.8, 4) is 0 Å². The SMILES string of the molecule is Cc1cccn2c(=O)c3cc(S(=O)(=O)c4ccc(Br)cc4)c(N)[n+](C[C@@H]4CCCO4)c3nc12. The van der Waals surface area contributed by atoms with Gasteiger partial charge >= 0.3 is 0 Å². The smallest absolute Gasteiger partial charge is 0.278 e. The number of nitrogens with zero attached hydrogens (tertiary/aromatic N) is 3. The van der Waals surface area contributed by atoms with Crippen molar-refractivity contribution >= 4 is 48.3 Å². The minimum absolute atomic E-state index is 0.0331. The fourth-order valence-electron chi connectivity index (χ4n) is 4.22. The Balaban J connectivity index is 1.84. The molecular weight excluding hydrogens is 508 g/mol. The maximum absolute atomic E-state index is 13.6. The number of hydrogen-bond acceptors (Lipinski definition) is 6. The summed E-state index contributed by atoms with van der Waals surface area (Å²) in [6, 6.07) is 11.3. The highest BCUT2D eigenvalue weighted by molar-refractivity contribution is 9.10. The first kappa shape index (κ1) is 22.0. The van der Waals surface area contributed by atoms with Crippen LogP contribution < -0.4 is 15.9 Å².